The van der Waals surface area contributed by atoms with E-state index in [1.807, 2.05) is 13.0 Å². The van der Waals surface area contributed by atoms with E-state index in [9.17, 15) is 4.39 Å². The number of nitrogens with zero attached hydrogens (tertiary/aromatic N) is 1. The Morgan fingerprint density at radius 1 is 1.60 bits per heavy atom. The molecule has 0 aliphatic rings. The molecule has 0 heterocycles. The van der Waals surface area contributed by atoms with Crippen molar-refractivity contribution in [3.8, 4) is 6.07 Å². The molecule has 0 radical (unpaired) electrons. The molecular formula is C10H10FN3S. The molecule has 1 aromatic rings. The number of halogens is 1. The van der Waals surface area contributed by atoms with Crippen LogP contribution in [0, 0.1) is 17.1 Å². The molecular weight excluding hydrogens is 213 g/mol. The van der Waals surface area contributed by atoms with Gasteiger partial charge in [-0.05, 0) is 37.3 Å². The molecule has 0 amide bonds. The quantitative estimate of drug-likeness (QED) is 0.753. The zero-order valence-electron chi connectivity index (χ0n) is 8.17. The van der Waals surface area contributed by atoms with Crippen LogP contribution in [-0.4, -0.2) is 11.7 Å². The van der Waals surface area contributed by atoms with Gasteiger partial charge in [-0.25, -0.2) is 4.39 Å². The first kappa shape index (κ1) is 11.4. The molecule has 1 aromatic carbocycles. The van der Waals surface area contributed by atoms with Crippen LogP contribution in [0.25, 0.3) is 0 Å². The van der Waals surface area contributed by atoms with Crippen molar-refractivity contribution in [2.75, 3.05) is 11.9 Å². The Kier molecular flexibility index (Phi) is 4.01. The summed E-state index contributed by atoms with van der Waals surface area (Å²) in [5, 5.41) is 14.4. The van der Waals surface area contributed by atoms with Crippen LogP contribution in [0.3, 0.4) is 0 Å². The Hall–Kier alpha value is -1.67. The lowest BCUT2D eigenvalue weighted by atomic mass is 10.2. The van der Waals surface area contributed by atoms with Crippen molar-refractivity contribution in [3.05, 3.63) is 29.6 Å². The third-order valence-electron chi connectivity index (χ3n) is 1.68. The third-order valence-corrected chi connectivity index (χ3v) is 1.93. The largest absolute Gasteiger partial charge is 0.363 e. The van der Waals surface area contributed by atoms with Crippen molar-refractivity contribution in [2.45, 2.75) is 6.92 Å². The van der Waals surface area contributed by atoms with Gasteiger partial charge in [0.15, 0.2) is 5.11 Å². The normalized spacial score (nSPS) is 9.13. The molecule has 15 heavy (non-hydrogen) atoms. The van der Waals surface area contributed by atoms with Crippen molar-refractivity contribution in [1.29, 1.82) is 5.26 Å². The zero-order chi connectivity index (χ0) is 11.3. The molecule has 0 saturated heterocycles. The van der Waals surface area contributed by atoms with Crippen LogP contribution in [-0.2, 0) is 0 Å². The predicted molar refractivity (Wildman–Crippen MR) is 61.0 cm³/mol. The molecule has 0 aliphatic carbocycles. The van der Waals surface area contributed by atoms with Crippen molar-refractivity contribution in [1.82, 2.24) is 5.32 Å². The summed E-state index contributed by atoms with van der Waals surface area (Å²) in [6.45, 7) is 2.56. The number of hydrogen-bond donors (Lipinski definition) is 2. The van der Waals surface area contributed by atoms with Crippen molar-refractivity contribution >= 4 is 23.0 Å². The van der Waals surface area contributed by atoms with Crippen LogP contribution in [0.4, 0.5) is 10.1 Å². The second-order valence-corrected chi connectivity index (χ2v) is 3.20. The fourth-order valence-corrected chi connectivity index (χ4v) is 1.27. The topological polar surface area (TPSA) is 47.8 Å². The van der Waals surface area contributed by atoms with Crippen molar-refractivity contribution in [3.63, 3.8) is 0 Å². The summed E-state index contributed by atoms with van der Waals surface area (Å²) in [4.78, 5) is 0. The Bertz CT molecular complexity index is 412. The van der Waals surface area contributed by atoms with E-state index < -0.39 is 5.82 Å². The highest BCUT2D eigenvalue weighted by Crippen LogP contribution is 2.14. The summed E-state index contributed by atoms with van der Waals surface area (Å²) in [5.74, 6) is -0.491. The minimum absolute atomic E-state index is 0.264. The molecule has 0 fully saturated rings. The van der Waals surface area contributed by atoms with Gasteiger partial charge in [-0.3, -0.25) is 0 Å². The van der Waals surface area contributed by atoms with Gasteiger partial charge < -0.3 is 10.6 Å². The molecule has 5 heteroatoms. The second-order valence-electron chi connectivity index (χ2n) is 2.79. The molecule has 2 N–H and O–H groups in total. The molecule has 0 spiro atoms. The second kappa shape index (κ2) is 5.27. The van der Waals surface area contributed by atoms with Crippen molar-refractivity contribution in [2.24, 2.45) is 0 Å². The number of thiocarbonyl (C=S) groups is 1. The zero-order valence-corrected chi connectivity index (χ0v) is 8.99. The number of anilines is 1. The maximum Gasteiger partial charge on any atom is 0.170 e. The van der Waals surface area contributed by atoms with Crippen LogP contribution in [0.5, 0.6) is 0 Å². The van der Waals surface area contributed by atoms with Gasteiger partial charge >= 0.3 is 0 Å². The lowest BCUT2D eigenvalue weighted by molar-refractivity contribution is 0.631. The Balaban J connectivity index is 2.79. The average molecular weight is 223 g/mol. The molecule has 0 bridgehead atoms. The smallest absolute Gasteiger partial charge is 0.170 e. The molecule has 0 aliphatic heterocycles. The highest BCUT2D eigenvalue weighted by atomic mass is 32.1. The highest BCUT2D eigenvalue weighted by Gasteiger charge is 2.04. The van der Waals surface area contributed by atoms with Crippen LogP contribution >= 0.6 is 12.2 Å². The van der Waals surface area contributed by atoms with E-state index >= 15 is 0 Å². The third kappa shape index (κ3) is 3.18. The number of rotatable bonds is 2. The average Bonchev–Trinajstić information content (AvgIpc) is 2.21. The maximum absolute atomic E-state index is 13.3. The minimum Gasteiger partial charge on any atom is -0.363 e. The van der Waals surface area contributed by atoms with Gasteiger partial charge in [-0.15, -0.1) is 0 Å². The monoisotopic (exact) mass is 223 g/mol. The molecule has 0 unspecified atom stereocenters. The summed E-state index contributed by atoms with van der Waals surface area (Å²) in [6.07, 6.45) is 0. The van der Waals surface area contributed by atoms with E-state index in [2.05, 4.69) is 10.6 Å². The number of benzene rings is 1. The lowest BCUT2D eigenvalue weighted by Crippen LogP contribution is -2.28. The van der Waals surface area contributed by atoms with Gasteiger partial charge in [0.25, 0.3) is 0 Å². The van der Waals surface area contributed by atoms with Gasteiger partial charge in [0, 0.05) is 6.54 Å². The van der Waals surface area contributed by atoms with Gasteiger partial charge in [0.1, 0.15) is 5.82 Å². The molecule has 1 rings (SSSR count). The van der Waals surface area contributed by atoms with E-state index in [0.29, 0.717) is 11.7 Å². The molecule has 78 valence electrons. The summed E-state index contributed by atoms with van der Waals surface area (Å²) >= 11 is 4.90. The van der Waals surface area contributed by atoms with Gasteiger partial charge in [-0.1, -0.05) is 0 Å². The minimum atomic E-state index is -0.491. The van der Waals surface area contributed by atoms with Gasteiger partial charge in [-0.2, -0.15) is 5.26 Å². The van der Waals surface area contributed by atoms with E-state index in [1.54, 1.807) is 0 Å². The fourth-order valence-electron chi connectivity index (χ4n) is 1.01. The SMILES string of the molecule is CCNC(=S)Nc1ccc(C#N)cc1F. The molecule has 3 nitrogen and oxygen atoms in total. The van der Waals surface area contributed by atoms with Gasteiger partial charge in [0.05, 0.1) is 17.3 Å². The first-order chi connectivity index (χ1) is 7.17. The summed E-state index contributed by atoms with van der Waals surface area (Å²) in [6, 6.07) is 6.03. The first-order valence-corrected chi connectivity index (χ1v) is 4.82. The predicted octanol–water partition coefficient (Wildman–Crippen LogP) is 2.00. The van der Waals surface area contributed by atoms with E-state index in [-0.39, 0.29) is 11.3 Å². The van der Waals surface area contributed by atoms with Crippen LogP contribution < -0.4 is 10.6 Å². The number of nitrogens with one attached hydrogen (secondary N) is 2. The van der Waals surface area contributed by atoms with Crippen LogP contribution in [0.1, 0.15) is 12.5 Å². The van der Waals surface area contributed by atoms with Gasteiger partial charge in [0.2, 0.25) is 0 Å². The maximum atomic E-state index is 13.3. The van der Waals surface area contributed by atoms with E-state index in [4.69, 9.17) is 17.5 Å². The number of hydrogen-bond acceptors (Lipinski definition) is 2. The summed E-state index contributed by atoms with van der Waals surface area (Å²) < 4.78 is 13.3. The molecule has 0 atom stereocenters. The molecule has 0 saturated carbocycles. The van der Waals surface area contributed by atoms with Crippen LogP contribution in [0.15, 0.2) is 18.2 Å². The standard InChI is InChI=1S/C10H10FN3S/c1-2-13-10(15)14-9-4-3-7(6-12)5-8(9)11/h3-5H,2H2,1H3,(H2,13,14,15). The van der Waals surface area contributed by atoms with Crippen molar-refractivity contribution < 1.29 is 4.39 Å². The summed E-state index contributed by atoms with van der Waals surface area (Å²) in [7, 11) is 0. The number of nitriles is 1. The fraction of sp³-hybridized carbons (Fsp3) is 0.200. The lowest BCUT2D eigenvalue weighted by Gasteiger charge is -2.09. The summed E-state index contributed by atoms with van der Waals surface area (Å²) in [5.41, 5.74) is 0.548. The Morgan fingerprint density at radius 3 is 2.87 bits per heavy atom. The van der Waals surface area contributed by atoms with Crippen LogP contribution in [0.2, 0.25) is 0 Å². The van der Waals surface area contributed by atoms with E-state index in [0.717, 1.165) is 6.07 Å². The first-order valence-electron chi connectivity index (χ1n) is 4.42. The van der Waals surface area contributed by atoms with E-state index in [1.165, 1.54) is 12.1 Å². The molecule has 0 aromatic heterocycles. The Morgan fingerprint density at radius 2 is 2.33 bits per heavy atom. The Labute approximate surface area is 92.9 Å². The highest BCUT2D eigenvalue weighted by molar-refractivity contribution is 7.80.